The summed E-state index contributed by atoms with van der Waals surface area (Å²) in [5, 5.41) is 3.14. The van der Waals surface area contributed by atoms with Crippen molar-refractivity contribution in [2.75, 3.05) is 26.5 Å². The summed E-state index contributed by atoms with van der Waals surface area (Å²) in [5.41, 5.74) is 1.47. The molecule has 4 atom stereocenters. The van der Waals surface area contributed by atoms with Gasteiger partial charge in [0.25, 0.3) is 5.91 Å². The SMILES string of the molecule is CN(C)C1C[C@@H]2CC(N(C)C(=O)c3cnc(Nc4ccccc4)nc3)C[C@@H]2C1. The van der Waals surface area contributed by atoms with Crippen LogP contribution in [0.4, 0.5) is 11.6 Å². The molecule has 2 aliphatic rings. The van der Waals surface area contributed by atoms with E-state index >= 15 is 0 Å². The Hall–Kier alpha value is -2.47. The van der Waals surface area contributed by atoms with Crippen LogP contribution in [0.25, 0.3) is 0 Å². The van der Waals surface area contributed by atoms with Crippen LogP contribution in [-0.2, 0) is 0 Å². The number of anilines is 2. The number of carbonyl (C=O) groups excluding carboxylic acids is 1. The molecule has 2 unspecified atom stereocenters. The van der Waals surface area contributed by atoms with Crippen molar-refractivity contribution in [2.45, 2.75) is 37.8 Å². The summed E-state index contributed by atoms with van der Waals surface area (Å²) in [6.45, 7) is 0. The Kier molecular flexibility index (Phi) is 5.31. The number of nitrogens with zero attached hydrogens (tertiary/aromatic N) is 4. The molecule has 2 aromatic rings. The van der Waals surface area contributed by atoms with E-state index in [0.717, 1.165) is 30.4 Å². The first kappa shape index (κ1) is 18.9. The highest BCUT2D eigenvalue weighted by molar-refractivity contribution is 5.93. The van der Waals surface area contributed by atoms with Crippen molar-refractivity contribution in [3.63, 3.8) is 0 Å². The van der Waals surface area contributed by atoms with Gasteiger partial charge in [0.05, 0.1) is 5.56 Å². The van der Waals surface area contributed by atoms with E-state index in [1.54, 1.807) is 12.4 Å². The number of rotatable bonds is 5. The number of hydrogen-bond donors (Lipinski definition) is 1. The molecule has 0 radical (unpaired) electrons. The van der Waals surface area contributed by atoms with E-state index in [2.05, 4.69) is 34.3 Å². The molecule has 2 aliphatic carbocycles. The van der Waals surface area contributed by atoms with Crippen molar-refractivity contribution in [1.29, 1.82) is 0 Å². The highest BCUT2D eigenvalue weighted by atomic mass is 16.2. The third kappa shape index (κ3) is 3.87. The molecule has 1 aromatic heterocycles. The third-order valence-electron chi connectivity index (χ3n) is 6.49. The van der Waals surface area contributed by atoms with Gasteiger partial charge in [-0.05, 0) is 63.7 Å². The molecule has 0 spiro atoms. The van der Waals surface area contributed by atoms with Crippen molar-refractivity contribution in [3.8, 4) is 0 Å². The first-order valence-electron chi connectivity index (χ1n) is 10.1. The van der Waals surface area contributed by atoms with Crippen LogP contribution >= 0.6 is 0 Å². The molecular weight excluding hydrogens is 350 g/mol. The van der Waals surface area contributed by atoms with Crippen molar-refractivity contribution >= 4 is 17.5 Å². The Morgan fingerprint density at radius 2 is 1.50 bits per heavy atom. The number of amides is 1. The Labute approximate surface area is 167 Å². The maximum Gasteiger partial charge on any atom is 0.256 e. The average molecular weight is 380 g/mol. The summed E-state index contributed by atoms with van der Waals surface area (Å²) in [4.78, 5) is 25.8. The van der Waals surface area contributed by atoms with Crippen molar-refractivity contribution in [1.82, 2.24) is 19.8 Å². The molecule has 6 nitrogen and oxygen atoms in total. The predicted octanol–water partition coefficient (Wildman–Crippen LogP) is 3.41. The van der Waals surface area contributed by atoms with Gasteiger partial charge in [-0.25, -0.2) is 9.97 Å². The molecule has 4 rings (SSSR count). The zero-order chi connectivity index (χ0) is 19.7. The second kappa shape index (κ2) is 7.87. The molecule has 2 fully saturated rings. The molecule has 1 aromatic carbocycles. The highest BCUT2D eigenvalue weighted by Crippen LogP contribution is 2.46. The zero-order valence-electron chi connectivity index (χ0n) is 16.9. The van der Waals surface area contributed by atoms with Crippen LogP contribution < -0.4 is 5.32 Å². The van der Waals surface area contributed by atoms with Crippen LogP contribution in [0.5, 0.6) is 0 Å². The first-order valence-corrected chi connectivity index (χ1v) is 10.1. The van der Waals surface area contributed by atoms with E-state index in [4.69, 9.17) is 0 Å². The standard InChI is InChI=1S/C22H29N5O/c1-26(2)19-9-15-11-20(12-16(15)10-19)27(3)21(28)17-13-23-22(24-14-17)25-18-7-5-4-6-8-18/h4-8,13-16,19-20H,9-12H2,1-3H3,(H,23,24,25)/t15-,16+,19?,20?. The van der Waals surface area contributed by atoms with Gasteiger partial charge in [-0.2, -0.15) is 0 Å². The third-order valence-corrected chi connectivity index (χ3v) is 6.49. The first-order chi connectivity index (χ1) is 13.5. The van der Waals surface area contributed by atoms with E-state index in [9.17, 15) is 4.79 Å². The van der Waals surface area contributed by atoms with E-state index < -0.39 is 0 Å². The topological polar surface area (TPSA) is 61.4 Å². The summed E-state index contributed by atoms with van der Waals surface area (Å²) in [6, 6.07) is 10.8. The van der Waals surface area contributed by atoms with E-state index in [0.29, 0.717) is 23.6 Å². The fourth-order valence-electron chi connectivity index (χ4n) is 4.81. The highest BCUT2D eigenvalue weighted by Gasteiger charge is 2.44. The maximum absolute atomic E-state index is 12.9. The van der Waals surface area contributed by atoms with Crippen molar-refractivity contribution in [3.05, 3.63) is 48.3 Å². The van der Waals surface area contributed by atoms with Gasteiger partial charge in [-0.1, -0.05) is 18.2 Å². The van der Waals surface area contributed by atoms with Gasteiger partial charge < -0.3 is 15.1 Å². The molecule has 1 heterocycles. The fraction of sp³-hybridized carbons (Fsp3) is 0.500. The van der Waals surface area contributed by atoms with Crippen LogP contribution in [0.3, 0.4) is 0 Å². The van der Waals surface area contributed by atoms with Crippen LogP contribution in [0.15, 0.2) is 42.7 Å². The number of benzene rings is 1. The minimum Gasteiger partial charge on any atom is -0.339 e. The molecule has 1 amide bonds. The Bertz CT molecular complexity index is 793. The van der Waals surface area contributed by atoms with E-state index in [-0.39, 0.29) is 5.91 Å². The van der Waals surface area contributed by atoms with Gasteiger partial charge in [0.15, 0.2) is 0 Å². The quantitative estimate of drug-likeness (QED) is 0.863. The van der Waals surface area contributed by atoms with E-state index in [1.165, 1.54) is 12.8 Å². The second-order valence-corrected chi connectivity index (χ2v) is 8.44. The van der Waals surface area contributed by atoms with Crippen molar-refractivity contribution in [2.24, 2.45) is 11.8 Å². The largest absolute Gasteiger partial charge is 0.339 e. The molecule has 6 heteroatoms. The number of carbonyl (C=O) groups is 1. The maximum atomic E-state index is 12.9. The van der Waals surface area contributed by atoms with Crippen LogP contribution in [-0.4, -0.2) is 58.9 Å². The Morgan fingerprint density at radius 1 is 0.929 bits per heavy atom. The lowest BCUT2D eigenvalue weighted by Crippen LogP contribution is -2.36. The molecule has 1 N–H and O–H groups in total. The second-order valence-electron chi connectivity index (χ2n) is 8.44. The lowest BCUT2D eigenvalue weighted by molar-refractivity contribution is 0.0725. The molecule has 28 heavy (non-hydrogen) atoms. The smallest absolute Gasteiger partial charge is 0.256 e. The van der Waals surface area contributed by atoms with Crippen LogP contribution in [0, 0.1) is 11.8 Å². The van der Waals surface area contributed by atoms with Crippen molar-refractivity contribution < 1.29 is 4.79 Å². The molecule has 148 valence electrons. The van der Waals surface area contributed by atoms with Gasteiger partial charge >= 0.3 is 0 Å². The average Bonchev–Trinajstić information content (AvgIpc) is 3.28. The van der Waals surface area contributed by atoms with Gasteiger partial charge in [0.1, 0.15) is 0 Å². The summed E-state index contributed by atoms with van der Waals surface area (Å²) < 4.78 is 0. The van der Waals surface area contributed by atoms with Gasteiger partial charge in [-0.15, -0.1) is 0 Å². The zero-order valence-corrected chi connectivity index (χ0v) is 16.9. The fourth-order valence-corrected chi connectivity index (χ4v) is 4.81. The predicted molar refractivity (Wildman–Crippen MR) is 111 cm³/mol. The number of fused-ring (bicyclic) bond motifs is 1. The number of para-hydroxylation sites is 1. The summed E-state index contributed by atoms with van der Waals surface area (Å²) in [6.07, 6.45) is 8.00. The minimum absolute atomic E-state index is 0.0143. The molecule has 0 saturated heterocycles. The van der Waals surface area contributed by atoms with Gasteiger partial charge in [0.2, 0.25) is 5.95 Å². The number of nitrogens with one attached hydrogen (secondary N) is 1. The Morgan fingerprint density at radius 3 is 2.07 bits per heavy atom. The molecule has 0 bridgehead atoms. The summed E-state index contributed by atoms with van der Waals surface area (Å²) >= 11 is 0. The van der Waals surface area contributed by atoms with Gasteiger partial charge in [-0.3, -0.25) is 4.79 Å². The normalized spacial score (nSPS) is 26.3. The number of aromatic nitrogens is 2. The molecular formula is C22H29N5O. The summed E-state index contributed by atoms with van der Waals surface area (Å²) in [5.74, 6) is 2.01. The lowest BCUT2D eigenvalue weighted by atomic mass is 10.0. The van der Waals surface area contributed by atoms with Crippen LogP contribution in [0.1, 0.15) is 36.0 Å². The minimum atomic E-state index is 0.0143. The summed E-state index contributed by atoms with van der Waals surface area (Å²) in [7, 11) is 6.28. The molecule has 0 aliphatic heterocycles. The van der Waals surface area contributed by atoms with Crippen LogP contribution in [0.2, 0.25) is 0 Å². The van der Waals surface area contributed by atoms with E-state index in [1.807, 2.05) is 42.3 Å². The monoisotopic (exact) mass is 379 g/mol. The lowest BCUT2D eigenvalue weighted by Gasteiger charge is -2.27. The van der Waals surface area contributed by atoms with Gasteiger partial charge in [0, 0.05) is 37.2 Å². The molecule has 2 saturated carbocycles. The Balaban J connectivity index is 1.36. The number of hydrogen-bond acceptors (Lipinski definition) is 5.